The molecule has 2 heterocycles. The number of hydrogen-bond acceptors (Lipinski definition) is 3. The number of urea groups is 1. The van der Waals surface area contributed by atoms with Gasteiger partial charge in [0.1, 0.15) is 12.1 Å². The van der Waals surface area contributed by atoms with Crippen molar-refractivity contribution in [2.24, 2.45) is 0 Å². The van der Waals surface area contributed by atoms with Crippen LogP contribution in [0.15, 0.2) is 54.6 Å². The molecule has 2 unspecified atom stereocenters. The van der Waals surface area contributed by atoms with E-state index in [-0.39, 0.29) is 18.5 Å². The third-order valence-corrected chi connectivity index (χ3v) is 5.95. The highest BCUT2D eigenvalue weighted by Gasteiger charge is 2.50. The first-order valence-corrected chi connectivity index (χ1v) is 9.96. The lowest BCUT2D eigenvalue weighted by atomic mass is 9.91. The van der Waals surface area contributed by atoms with Gasteiger partial charge in [0, 0.05) is 6.54 Å². The van der Waals surface area contributed by atoms with E-state index in [2.05, 4.69) is 5.32 Å². The number of hydrogen-bond donors (Lipinski definition) is 1. The maximum atomic E-state index is 13.1. The number of amides is 4. The first kappa shape index (κ1) is 19.2. The van der Waals surface area contributed by atoms with Crippen LogP contribution in [0.1, 0.15) is 42.5 Å². The zero-order valence-electron chi connectivity index (χ0n) is 16.7. The monoisotopic (exact) mass is 391 g/mol. The fourth-order valence-corrected chi connectivity index (χ4v) is 4.24. The molecule has 29 heavy (non-hydrogen) atoms. The van der Waals surface area contributed by atoms with E-state index in [9.17, 15) is 14.4 Å². The van der Waals surface area contributed by atoms with Crippen molar-refractivity contribution in [3.05, 3.63) is 71.3 Å². The molecule has 0 radical (unpaired) electrons. The smallest absolute Gasteiger partial charge is 0.325 e. The van der Waals surface area contributed by atoms with Crippen LogP contribution in [-0.2, 0) is 15.1 Å². The van der Waals surface area contributed by atoms with Gasteiger partial charge in [0.2, 0.25) is 5.91 Å². The van der Waals surface area contributed by atoms with Crippen molar-refractivity contribution in [1.29, 1.82) is 0 Å². The fourth-order valence-electron chi connectivity index (χ4n) is 4.24. The first-order valence-electron chi connectivity index (χ1n) is 9.96. The van der Waals surface area contributed by atoms with Gasteiger partial charge in [-0.25, -0.2) is 4.79 Å². The molecular formula is C23H25N3O3. The van der Waals surface area contributed by atoms with Gasteiger partial charge in [0.05, 0.1) is 6.04 Å². The maximum Gasteiger partial charge on any atom is 0.325 e. The van der Waals surface area contributed by atoms with Gasteiger partial charge in [-0.15, -0.1) is 0 Å². The summed E-state index contributed by atoms with van der Waals surface area (Å²) in [5.41, 5.74) is 1.71. The summed E-state index contributed by atoms with van der Waals surface area (Å²) in [6.07, 6.45) is 1.80. The van der Waals surface area contributed by atoms with E-state index in [0.717, 1.165) is 28.9 Å². The minimum absolute atomic E-state index is 0.00653. The third-order valence-electron chi connectivity index (χ3n) is 5.95. The van der Waals surface area contributed by atoms with Crippen LogP contribution < -0.4 is 5.32 Å². The fraction of sp³-hybridized carbons (Fsp3) is 0.348. The van der Waals surface area contributed by atoms with Gasteiger partial charge in [-0.3, -0.25) is 14.5 Å². The van der Waals surface area contributed by atoms with Crippen LogP contribution in [0.4, 0.5) is 4.79 Å². The molecular weight excluding hydrogens is 366 g/mol. The summed E-state index contributed by atoms with van der Waals surface area (Å²) >= 11 is 0. The molecule has 0 aliphatic carbocycles. The Labute approximate surface area is 170 Å². The molecule has 4 rings (SSSR count). The van der Waals surface area contributed by atoms with E-state index in [1.807, 2.05) is 61.5 Å². The number of nitrogens with zero attached hydrogens (tertiary/aromatic N) is 2. The second-order valence-electron chi connectivity index (χ2n) is 7.97. The molecule has 150 valence electrons. The van der Waals surface area contributed by atoms with Crippen molar-refractivity contribution in [3.63, 3.8) is 0 Å². The van der Waals surface area contributed by atoms with E-state index in [4.69, 9.17) is 0 Å². The molecule has 2 saturated heterocycles. The maximum absolute atomic E-state index is 13.1. The van der Waals surface area contributed by atoms with Gasteiger partial charge < -0.3 is 10.2 Å². The van der Waals surface area contributed by atoms with Gasteiger partial charge in [-0.2, -0.15) is 0 Å². The normalized spacial score (nSPS) is 24.1. The molecule has 2 aliphatic heterocycles. The second-order valence-corrected chi connectivity index (χ2v) is 7.97. The zero-order chi connectivity index (χ0) is 20.6. The molecule has 2 aliphatic rings. The van der Waals surface area contributed by atoms with Crippen LogP contribution in [0, 0.1) is 6.92 Å². The highest BCUT2D eigenvalue weighted by molar-refractivity contribution is 6.09. The van der Waals surface area contributed by atoms with Crippen LogP contribution in [0.3, 0.4) is 0 Å². The lowest BCUT2D eigenvalue weighted by Gasteiger charge is -2.27. The summed E-state index contributed by atoms with van der Waals surface area (Å²) < 4.78 is 0. The molecule has 0 spiro atoms. The number of aryl methyl sites for hydroxylation is 1. The molecule has 0 aromatic heterocycles. The Morgan fingerprint density at radius 1 is 1.10 bits per heavy atom. The van der Waals surface area contributed by atoms with Crippen LogP contribution in [0.5, 0.6) is 0 Å². The van der Waals surface area contributed by atoms with Crippen LogP contribution in [0.25, 0.3) is 0 Å². The molecule has 6 heteroatoms. The van der Waals surface area contributed by atoms with E-state index >= 15 is 0 Å². The molecule has 0 bridgehead atoms. The molecule has 2 aromatic carbocycles. The summed E-state index contributed by atoms with van der Waals surface area (Å²) in [5, 5.41) is 2.77. The first-order chi connectivity index (χ1) is 13.9. The summed E-state index contributed by atoms with van der Waals surface area (Å²) in [7, 11) is 0. The number of nitrogens with one attached hydrogen (secondary N) is 1. The highest BCUT2D eigenvalue weighted by Crippen LogP contribution is 2.33. The van der Waals surface area contributed by atoms with Crippen molar-refractivity contribution in [1.82, 2.24) is 15.1 Å². The summed E-state index contributed by atoms with van der Waals surface area (Å²) in [6, 6.07) is 16.8. The lowest BCUT2D eigenvalue weighted by Crippen LogP contribution is -2.44. The predicted molar refractivity (Wildman–Crippen MR) is 109 cm³/mol. The average molecular weight is 391 g/mol. The SMILES string of the molecule is Cc1ccc(C2(C)NC(=O)N(CC(=O)N3CCCC3c3ccccc3)C2=O)cc1. The van der Waals surface area contributed by atoms with Crippen LogP contribution in [0.2, 0.25) is 0 Å². The van der Waals surface area contributed by atoms with E-state index < -0.39 is 17.5 Å². The van der Waals surface area contributed by atoms with Gasteiger partial charge in [0.15, 0.2) is 0 Å². The molecule has 0 saturated carbocycles. The molecule has 1 N–H and O–H groups in total. The van der Waals surface area contributed by atoms with Gasteiger partial charge >= 0.3 is 6.03 Å². The Bertz CT molecular complexity index is 942. The van der Waals surface area contributed by atoms with Crippen LogP contribution >= 0.6 is 0 Å². The number of benzene rings is 2. The van der Waals surface area contributed by atoms with Crippen molar-refractivity contribution in [2.75, 3.05) is 13.1 Å². The Morgan fingerprint density at radius 3 is 2.48 bits per heavy atom. The average Bonchev–Trinajstić information content (AvgIpc) is 3.29. The predicted octanol–water partition coefficient (Wildman–Crippen LogP) is 3.13. The van der Waals surface area contributed by atoms with Crippen molar-refractivity contribution >= 4 is 17.8 Å². The summed E-state index contributed by atoms with van der Waals surface area (Å²) in [6.45, 7) is 4.04. The number of carbonyl (C=O) groups excluding carboxylic acids is 3. The van der Waals surface area contributed by atoms with E-state index in [1.165, 1.54) is 0 Å². The summed E-state index contributed by atoms with van der Waals surface area (Å²) in [4.78, 5) is 41.5. The lowest BCUT2D eigenvalue weighted by molar-refractivity contribution is -0.139. The molecule has 6 nitrogen and oxygen atoms in total. The van der Waals surface area contributed by atoms with Gasteiger partial charge in [-0.05, 0) is 37.8 Å². The third kappa shape index (κ3) is 3.39. The Hall–Kier alpha value is -3.15. The van der Waals surface area contributed by atoms with E-state index in [0.29, 0.717) is 12.1 Å². The van der Waals surface area contributed by atoms with Gasteiger partial charge in [-0.1, -0.05) is 60.2 Å². The number of imide groups is 1. The summed E-state index contributed by atoms with van der Waals surface area (Å²) in [5.74, 6) is -0.594. The van der Waals surface area contributed by atoms with Crippen molar-refractivity contribution in [2.45, 2.75) is 38.3 Å². The number of carbonyl (C=O) groups is 3. The zero-order valence-corrected chi connectivity index (χ0v) is 16.7. The molecule has 2 atom stereocenters. The molecule has 2 fully saturated rings. The van der Waals surface area contributed by atoms with E-state index in [1.54, 1.807) is 11.8 Å². The topological polar surface area (TPSA) is 69.7 Å². The number of likely N-dealkylation sites (tertiary alicyclic amines) is 1. The molecule has 2 aromatic rings. The Morgan fingerprint density at radius 2 is 1.79 bits per heavy atom. The van der Waals surface area contributed by atoms with Crippen molar-refractivity contribution in [3.8, 4) is 0 Å². The standard InChI is InChI=1S/C23H25N3O3/c1-16-10-12-18(13-11-16)23(2)21(28)26(22(29)24-23)15-20(27)25-14-6-9-19(25)17-7-4-3-5-8-17/h3-5,7-8,10-13,19H,6,9,14-15H2,1-2H3,(H,24,29). The Balaban J connectivity index is 1.52. The largest absolute Gasteiger partial charge is 0.334 e. The number of rotatable bonds is 4. The Kier molecular flexibility index (Phi) is 4.86. The second kappa shape index (κ2) is 7.35. The minimum Gasteiger partial charge on any atom is -0.334 e. The van der Waals surface area contributed by atoms with Crippen LogP contribution in [-0.4, -0.2) is 40.7 Å². The highest BCUT2D eigenvalue weighted by atomic mass is 16.2. The minimum atomic E-state index is -1.16. The quantitative estimate of drug-likeness (QED) is 0.814. The van der Waals surface area contributed by atoms with Gasteiger partial charge in [0.25, 0.3) is 5.91 Å². The van der Waals surface area contributed by atoms with Crippen molar-refractivity contribution < 1.29 is 14.4 Å². The molecule has 4 amide bonds.